The third kappa shape index (κ3) is 2.70. The Morgan fingerprint density at radius 3 is 2.42 bits per heavy atom. The predicted octanol–water partition coefficient (Wildman–Crippen LogP) is 1.71. The van der Waals surface area contributed by atoms with Gasteiger partial charge in [0.25, 0.3) is 0 Å². The van der Waals surface area contributed by atoms with Crippen LogP contribution in [0.15, 0.2) is 35.3 Å². The molecular formula is C14H15N3O2. The van der Waals surface area contributed by atoms with Gasteiger partial charge in [-0.3, -0.25) is 9.78 Å². The number of benzene rings is 1. The number of hydrogen-bond acceptors (Lipinski definition) is 4. The van der Waals surface area contributed by atoms with E-state index in [-0.39, 0.29) is 17.2 Å². The Kier molecular flexibility index (Phi) is 3.46. The molecule has 0 bridgehead atoms. The summed E-state index contributed by atoms with van der Waals surface area (Å²) in [6, 6.07) is 7.32. The summed E-state index contributed by atoms with van der Waals surface area (Å²) in [5.74, 6) is 0.193. The van der Waals surface area contributed by atoms with Crippen molar-refractivity contribution < 1.29 is 4.79 Å². The van der Waals surface area contributed by atoms with E-state index >= 15 is 0 Å². The molecule has 0 unspecified atom stereocenters. The summed E-state index contributed by atoms with van der Waals surface area (Å²) in [4.78, 5) is 29.0. The minimum atomic E-state index is -0.566. The van der Waals surface area contributed by atoms with Gasteiger partial charge in [-0.2, -0.15) is 0 Å². The van der Waals surface area contributed by atoms with Crippen LogP contribution in [0.3, 0.4) is 0 Å². The van der Waals surface area contributed by atoms with Crippen molar-refractivity contribution in [1.29, 1.82) is 0 Å². The molecule has 2 aromatic rings. The fraction of sp³-hybridized carbons (Fsp3) is 0.214. The Morgan fingerprint density at radius 1 is 1.26 bits per heavy atom. The number of carbonyl (C=O) groups is 1. The van der Waals surface area contributed by atoms with E-state index in [1.54, 1.807) is 12.1 Å². The molecule has 1 heterocycles. The average Bonchev–Trinajstić information content (AvgIpc) is 2.38. The zero-order valence-corrected chi connectivity index (χ0v) is 10.8. The van der Waals surface area contributed by atoms with Crippen LogP contribution in [0.1, 0.15) is 41.3 Å². The number of nitrogens with one attached hydrogen (secondary N) is 1. The number of anilines is 1. The second kappa shape index (κ2) is 5.06. The SMILES string of the molecule is CC(C)c1ccc(C(=O)c2cnc(=O)[nH]c2N)cc1. The molecule has 2 rings (SSSR count). The molecule has 3 N–H and O–H groups in total. The number of aromatic amines is 1. The highest BCUT2D eigenvalue weighted by atomic mass is 16.1. The van der Waals surface area contributed by atoms with Crippen LogP contribution in [-0.4, -0.2) is 15.8 Å². The van der Waals surface area contributed by atoms with Gasteiger partial charge in [-0.15, -0.1) is 0 Å². The molecule has 0 spiro atoms. The maximum atomic E-state index is 12.2. The van der Waals surface area contributed by atoms with Gasteiger partial charge in [0.1, 0.15) is 5.82 Å². The van der Waals surface area contributed by atoms with E-state index in [2.05, 4.69) is 23.8 Å². The number of nitrogens with two attached hydrogens (primary N) is 1. The molecule has 0 atom stereocenters. The highest BCUT2D eigenvalue weighted by molar-refractivity contribution is 6.11. The van der Waals surface area contributed by atoms with Gasteiger partial charge in [0.2, 0.25) is 0 Å². The van der Waals surface area contributed by atoms with Gasteiger partial charge in [-0.05, 0) is 11.5 Å². The second-order valence-electron chi connectivity index (χ2n) is 4.62. The first kappa shape index (κ1) is 13.0. The van der Waals surface area contributed by atoms with E-state index in [0.717, 1.165) is 5.56 Å². The Labute approximate surface area is 110 Å². The standard InChI is InChI=1S/C14H15N3O2/c1-8(2)9-3-5-10(6-4-9)12(18)11-7-16-14(19)17-13(11)15/h3-8H,1-2H3,(H3,15,16,17,19). The third-order valence-electron chi connectivity index (χ3n) is 2.93. The van der Waals surface area contributed by atoms with Crippen LogP contribution in [0.25, 0.3) is 0 Å². The van der Waals surface area contributed by atoms with E-state index in [9.17, 15) is 9.59 Å². The maximum Gasteiger partial charge on any atom is 0.346 e. The zero-order valence-electron chi connectivity index (χ0n) is 10.8. The highest BCUT2D eigenvalue weighted by Gasteiger charge is 2.13. The third-order valence-corrected chi connectivity index (χ3v) is 2.93. The van der Waals surface area contributed by atoms with Crippen LogP contribution >= 0.6 is 0 Å². The van der Waals surface area contributed by atoms with Gasteiger partial charge in [-0.25, -0.2) is 9.78 Å². The van der Waals surface area contributed by atoms with Crippen molar-refractivity contribution in [2.75, 3.05) is 5.73 Å². The predicted molar refractivity (Wildman–Crippen MR) is 73.2 cm³/mol. The van der Waals surface area contributed by atoms with Crippen molar-refractivity contribution in [3.63, 3.8) is 0 Å². The van der Waals surface area contributed by atoms with Crippen LogP contribution in [0, 0.1) is 0 Å². The van der Waals surface area contributed by atoms with Gasteiger partial charge in [-0.1, -0.05) is 38.1 Å². The molecule has 98 valence electrons. The van der Waals surface area contributed by atoms with Crippen LogP contribution in [0.4, 0.5) is 5.82 Å². The summed E-state index contributed by atoms with van der Waals surface area (Å²) in [7, 11) is 0. The summed E-state index contributed by atoms with van der Waals surface area (Å²) in [5, 5.41) is 0. The van der Waals surface area contributed by atoms with Crippen molar-refractivity contribution in [3.05, 3.63) is 57.6 Å². The minimum absolute atomic E-state index is 0.0398. The Bertz CT molecular complexity index is 657. The molecule has 0 aliphatic heterocycles. The monoisotopic (exact) mass is 257 g/mol. The van der Waals surface area contributed by atoms with Crippen molar-refractivity contribution in [2.24, 2.45) is 0 Å². The molecule has 0 aliphatic carbocycles. The summed E-state index contributed by atoms with van der Waals surface area (Å²) in [6.07, 6.45) is 1.20. The topological polar surface area (TPSA) is 88.8 Å². The Balaban J connectivity index is 2.36. The minimum Gasteiger partial charge on any atom is -0.384 e. The number of ketones is 1. The summed E-state index contributed by atoms with van der Waals surface area (Å²) < 4.78 is 0. The fourth-order valence-electron chi connectivity index (χ4n) is 1.76. The number of nitrogens with zero attached hydrogens (tertiary/aromatic N) is 1. The van der Waals surface area contributed by atoms with Gasteiger partial charge in [0.15, 0.2) is 5.78 Å². The van der Waals surface area contributed by atoms with Crippen molar-refractivity contribution in [3.8, 4) is 0 Å². The lowest BCUT2D eigenvalue weighted by Crippen LogP contribution is -2.17. The average molecular weight is 257 g/mol. The summed E-state index contributed by atoms with van der Waals surface area (Å²) in [5.41, 5.74) is 6.94. The van der Waals surface area contributed by atoms with Crippen LogP contribution < -0.4 is 11.4 Å². The van der Waals surface area contributed by atoms with Crippen molar-refractivity contribution >= 4 is 11.6 Å². The maximum absolute atomic E-state index is 12.2. The van der Waals surface area contributed by atoms with Crippen LogP contribution in [-0.2, 0) is 0 Å². The van der Waals surface area contributed by atoms with Gasteiger partial charge >= 0.3 is 5.69 Å². The lowest BCUT2D eigenvalue weighted by Gasteiger charge is -2.07. The van der Waals surface area contributed by atoms with E-state index < -0.39 is 5.69 Å². The smallest absolute Gasteiger partial charge is 0.346 e. The van der Waals surface area contributed by atoms with E-state index in [4.69, 9.17) is 5.73 Å². The van der Waals surface area contributed by atoms with Gasteiger partial charge < -0.3 is 5.73 Å². The number of carbonyl (C=O) groups excluding carboxylic acids is 1. The van der Waals surface area contributed by atoms with E-state index in [0.29, 0.717) is 11.5 Å². The van der Waals surface area contributed by atoms with Crippen molar-refractivity contribution in [2.45, 2.75) is 19.8 Å². The first-order valence-corrected chi connectivity index (χ1v) is 5.98. The first-order chi connectivity index (χ1) is 8.99. The highest BCUT2D eigenvalue weighted by Crippen LogP contribution is 2.17. The zero-order chi connectivity index (χ0) is 14.0. The number of aromatic nitrogens is 2. The molecule has 0 aliphatic rings. The molecule has 1 aromatic heterocycles. The van der Waals surface area contributed by atoms with Crippen molar-refractivity contribution in [1.82, 2.24) is 9.97 Å². The lowest BCUT2D eigenvalue weighted by molar-refractivity contribution is 0.103. The molecule has 5 heteroatoms. The summed E-state index contributed by atoms with van der Waals surface area (Å²) in [6.45, 7) is 4.17. The second-order valence-corrected chi connectivity index (χ2v) is 4.62. The Hall–Kier alpha value is -2.43. The molecule has 0 fully saturated rings. The number of rotatable bonds is 3. The number of H-pyrrole nitrogens is 1. The molecule has 5 nitrogen and oxygen atoms in total. The molecule has 19 heavy (non-hydrogen) atoms. The van der Waals surface area contributed by atoms with Crippen LogP contribution in [0.5, 0.6) is 0 Å². The van der Waals surface area contributed by atoms with Crippen LogP contribution in [0.2, 0.25) is 0 Å². The van der Waals surface area contributed by atoms with E-state index in [1.807, 2.05) is 12.1 Å². The molecular weight excluding hydrogens is 242 g/mol. The van der Waals surface area contributed by atoms with E-state index in [1.165, 1.54) is 6.20 Å². The number of nitrogen functional groups attached to an aromatic ring is 1. The molecule has 0 amide bonds. The molecule has 0 radical (unpaired) electrons. The fourth-order valence-corrected chi connectivity index (χ4v) is 1.76. The lowest BCUT2D eigenvalue weighted by atomic mass is 9.99. The normalized spacial score (nSPS) is 10.7. The van der Waals surface area contributed by atoms with Gasteiger partial charge in [0, 0.05) is 11.8 Å². The molecule has 0 saturated carbocycles. The molecule has 1 aromatic carbocycles. The summed E-state index contributed by atoms with van der Waals surface area (Å²) >= 11 is 0. The first-order valence-electron chi connectivity index (χ1n) is 5.98. The molecule has 0 saturated heterocycles. The quantitative estimate of drug-likeness (QED) is 0.819. The Morgan fingerprint density at radius 2 is 1.89 bits per heavy atom. The number of hydrogen-bond donors (Lipinski definition) is 2. The van der Waals surface area contributed by atoms with Gasteiger partial charge in [0.05, 0.1) is 5.56 Å². The largest absolute Gasteiger partial charge is 0.384 e.